The van der Waals surface area contributed by atoms with Crippen LogP contribution in [0.2, 0.25) is 0 Å². The fourth-order valence-electron chi connectivity index (χ4n) is 2.12. The highest BCUT2D eigenvalue weighted by Gasteiger charge is 2.16. The van der Waals surface area contributed by atoms with E-state index in [1.165, 1.54) is 6.34 Å². The highest BCUT2D eigenvalue weighted by Crippen LogP contribution is 2.03. The van der Waals surface area contributed by atoms with E-state index in [2.05, 4.69) is 26.4 Å². The van der Waals surface area contributed by atoms with Gasteiger partial charge in [-0.3, -0.25) is 14.6 Å². The summed E-state index contributed by atoms with van der Waals surface area (Å²) in [5.41, 5.74) is 7.71. The Morgan fingerprint density at radius 2 is 1.77 bits per heavy atom. The van der Waals surface area contributed by atoms with Crippen LogP contribution in [0.15, 0.2) is 4.99 Å². The number of hydrogen-bond donors (Lipinski definition) is 7. The minimum absolute atomic E-state index is 0.281. The van der Waals surface area contributed by atoms with E-state index >= 15 is 0 Å². The van der Waals surface area contributed by atoms with Gasteiger partial charge in [0.1, 0.15) is 0 Å². The summed E-state index contributed by atoms with van der Waals surface area (Å²) in [7, 11) is 0. The summed E-state index contributed by atoms with van der Waals surface area (Å²) in [6.07, 6.45) is 5.33. The van der Waals surface area contributed by atoms with Crippen LogP contribution in [0.4, 0.5) is 0 Å². The van der Waals surface area contributed by atoms with E-state index < -0.39 is 12.1 Å². The zero-order chi connectivity index (χ0) is 19.5. The van der Waals surface area contributed by atoms with Gasteiger partial charge in [0, 0.05) is 19.5 Å². The van der Waals surface area contributed by atoms with Crippen LogP contribution >= 0.6 is 0 Å². The molecule has 2 amide bonds. The fraction of sp³-hybridized carbons (Fsp3) is 0.812. The van der Waals surface area contributed by atoms with Gasteiger partial charge in [0.2, 0.25) is 12.1 Å². The number of carbonyl (C=O) groups is 2. The number of amides is 2. The number of hydrogen-bond acceptors (Lipinski definition) is 7. The summed E-state index contributed by atoms with van der Waals surface area (Å²) in [5.74, 6) is 4.12. The molecule has 0 aromatic heterocycles. The molecule has 1 atom stereocenters. The average Bonchev–Trinajstić information content (AvgIpc) is 2.62. The number of nitrogens with two attached hydrogens (primary N) is 2. The smallest absolute Gasteiger partial charge is 0.269 e. The molecule has 0 aromatic rings. The second-order valence-electron chi connectivity index (χ2n) is 5.87. The number of aliphatic hydroxyl groups is 1. The first-order chi connectivity index (χ1) is 12.6. The van der Waals surface area contributed by atoms with Gasteiger partial charge in [0.25, 0.3) is 5.91 Å². The predicted octanol–water partition coefficient (Wildman–Crippen LogP) is -1.69. The first-order valence-electron chi connectivity index (χ1n) is 9.22. The maximum atomic E-state index is 11.7. The number of aliphatic hydroxyl groups excluding tert-OH is 1. The molecule has 0 bridgehead atoms. The molecule has 9 N–H and O–H groups in total. The molecule has 0 aliphatic carbocycles. The SMILES string of the molecule is NCCCNCCCNC(=O)C(O)NC(=O)CCCCCCN=CNN. The maximum absolute atomic E-state index is 11.7. The van der Waals surface area contributed by atoms with Gasteiger partial charge in [0.05, 0.1) is 6.34 Å². The van der Waals surface area contributed by atoms with Crippen LogP contribution in [0, 0.1) is 0 Å². The Bertz CT molecular complexity index is 394. The highest BCUT2D eigenvalue weighted by molar-refractivity contribution is 5.86. The standard InChI is InChI=1S/C16H35N7O3/c17-8-5-10-19-11-6-12-21-15(25)16(26)23-14(24)7-3-1-2-4-9-20-13-22-18/h13,16,19,26H,1-12,17-18H2,(H,20,22)(H,21,25)(H,23,24). The van der Waals surface area contributed by atoms with Crippen molar-refractivity contribution >= 4 is 18.2 Å². The summed E-state index contributed by atoms with van der Waals surface area (Å²) in [6.45, 7) is 3.39. The Morgan fingerprint density at radius 3 is 2.50 bits per heavy atom. The fourth-order valence-corrected chi connectivity index (χ4v) is 2.12. The van der Waals surface area contributed by atoms with E-state index in [1.54, 1.807) is 0 Å². The topological polar surface area (TPSA) is 167 Å². The van der Waals surface area contributed by atoms with Crippen molar-refractivity contribution in [2.24, 2.45) is 16.6 Å². The Labute approximate surface area is 155 Å². The van der Waals surface area contributed by atoms with Crippen molar-refractivity contribution in [1.82, 2.24) is 21.4 Å². The lowest BCUT2D eigenvalue weighted by molar-refractivity contribution is -0.136. The third kappa shape index (κ3) is 15.8. The summed E-state index contributed by atoms with van der Waals surface area (Å²) in [6, 6.07) is 0. The Hall–Kier alpha value is -1.75. The van der Waals surface area contributed by atoms with E-state index in [1.807, 2.05) is 0 Å². The highest BCUT2D eigenvalue weighted by atomic mass is 16.3. The van der Waals surface area contributed by atoms with Crippen molar-refractivity contribution in [1.29, 1.82) is 0 Å². The summed E-state index contributed by atoms with van der Waals surface area (Å²) >= 11 is 0. The molecule has 0 spiro atoms. The molecular weight excluding hydrogens is 338 g/mol. The average molecular weight is 374 g/mol. The van der Waals surface area contributed by atoms with Crippen LogP contribution < -0.4 is 33.0 Å². The minimum Gasteiger partial charge on any atom is -0.365 e. The second-order valence-corrected chi connectivity index (χ2v) is 5.87. The van der Waals surface area contributed by atoms with Gasteiger partial charge < -0.3 is 32.2 Å². The van der Waals surface area contributed by atoms with Gasteiger partial charge in [-0.25, -0.2) is 5.84 Å². The number of aliphatic imine (C=N–C) groups is 1. The van der Waals surface area contributed by atoms with E-state index in [0.717, 1.165) is 45.2 Å². The second kappa shape index (κ2) is 18.1. The summed E-state index contributed by atoms with van der Waals surface area (Å²) < 4.78 is 0. The lowest BCUT2D eigenvalue weighted by atomic mass is 10.1. The van der Waals surface area contributed by atoms with Gasteiger partial charge in [-0.15, -0.1) is 0 Å². The first kappa shape index (κ1) is 24.2. The first-order valence-corrected chi connectivity index (χ1v) is 9.22. The summed E-state index contributed by atoms with van der Waals surface area (Å²) in [4.78, 5) is 27.4. The molecule has 0 radical (unpaired) electrons. The van der Waals surface area contributed by atoms with Crippen LogP contribution in [-0.2, 0) is 9.59 Å². The number of rotatable bonds is 17. The van der Waals surface area contributed by atoms with Crippen molar-refractivity contribution in [3.05, 3.63) is 0 Å². The van der Waals surface area contributed by atoms with Crippen molar-refractivity contribution in [2.75, 3.05) is 32.7 Å². The molecule has 10 heteroatoms. The van der Waals surface area contributed by atoms with Gasteiger partial charge >= 0.3 is 0 Å². The molecule has 0 saturated carbocycles. The van der Waals surface area contributed by atoms with E-state index in [-0.39, 0.29) is 12.3 Å². The van der Waals surface area contributed by atoms with Gasteiger partial charge in [0.15, 0.2) is 0 Å². The molecular formula is C16H35N7O3. The Balaban J connectivity index is 3.58. The number of nitrogens with one attached hydrogen (secondary N) is 4. The lowest BCUT2D eigenvalue weighted by Gasteiger charge is -2.13. The predicted molar refractivity (Wildman–Crippen MR) is 102 cm³/mol. The Kier molecular flexibility index (Phi) is 16.8. The molecule has 1 unspecified atom stereocenters. The maximum Gasteiger partial charge on any atom is 0.269 e. The third-order valence-electron chi connectivity index (χ3n) is 3.54. The molecule has 26 heavy (non-hydrogen) atoms. The number of hydrazine groups is 1. The van der Waals surface area contributed by atoms with Crippen molar-refractivity contribution in [3.8, 4) is 0 Å². The van der Waals surface area contributed by atoms with Gasteiger partial charge in [-0.05, 0) is 45.3 Å². The minimum atomic E-state index is -1.51. The molecule has 0 fully saturated rings. The molecule has 0 rings (SSSR count). The molecule has 0 aliphatic rings. The van der Waals surface area contributed by atoms with E-state index in [9.17, 15) is 14.7 Å². The van der Waals surface area contributed by atoms with Crippen LogP contribution in [-0.4, -0.2) is 62.2 Å². The molecule has 0 aliphatic heterocycles. The van der Waals surface area contributed by atoms with Gasteiger partial charge in [-0.2, -0.15) is 0 Å². The molecule has 152 valence electrons. The zero-order valence-electron chi connectivity index (χ0n) is 15.5. The molecule has 10 nitrogen and oxygen atoms in total. The van der Waals surface area contributed by atoms with Crippen molar-refractivity contribution < 1.29 is 14.7 Å². The number of unbranched alkanes of at least 4 members (excludes halogenated alkanes) is 3. The summed E-state index contributed by atoms with van der Waals surface area (Å²) in [5, 5.41) is 17.7. The molecule has 0 heterocycles. The van der Waals surface area contributed by atoms with Crippen LogP contribution in [0.25, 0.3) is 0 Å². The Morgan fingerprint density at radius 1 is 1.04 bits per heavy atom. The lowest BCUT2D eigenvalue weighted by Crippen LogP contribution is -2.47. The van der Waals surface area contributed by atoms with Crippen LogP contribution in [0.5, 0.6) is 0 Å². The monoisotopic (exact) mass is 373 g/mol. The number of nitrogens with zero attached hydrogens (tertiary/aromatic N) is 1. The molecule has 0 aromatic carbocycles. The van der Waals surface area contributed by atoms with Crippen molar-refractivity contribution in [3.63, 3.8) is 0 Å². The molecule has 0 saturated heterocycles. The number of carbonyl (C=O) groups excluding carboxylic acids is 2. The largest absolute Gasteiger partial charge is 0.365 e. The van der Waals surface area contributed by atoms with E-state index in [4.69, 9.17) is 11.6 Å². The third-order valence-corrected chi connectivity index (χ3v) is 3.54. The van der Waals surface area contributed by atoms with Crippen LogP contribution in [0.3, 0.4) is 0 Å². The van der Waals surface area contributed by atoms with Crippen molar-refractivity contribution in [2.45, 2.75) is 51.2 Å². The normalized spacial score (nSPS) is 12.1. The van der Waals surface area contributed by atoms with Gasteiger partial charge in [-0.1, -0.05) is 12.8 Å². The zero-order valence-corrected chi connectivity index (χ0v) is 15.5. The quantitative estimate of drug-likeness (QED) is 0.0398. The van der Waals surface area contributed by atoms with E-state index in [0.29, 0.717) is 26.1 Å². The van der Waals surface area contributed by atoms with Crippen LogP contribution in [0.1, 0.15) is 44.9 Å².